The highest BCUT2D eigenvalue weighted by Crippen LogP contribution is 2.19. The van der Waals surface area contributed by atoms with Crippen molar-refractivity contribution in [3.8, 4) is 0 Å². The molecule has 106 valence electrons. The Labute approximate surface area is 116 Å². The van der Waals surface area contributed by atoms with Crippen LogP contribution in [0.3, 0.4) is 0 Å². The Bertz CT molecular complexity index is 415. The monoisotopic (exact) mass is 262 g/mol. The molecule has 0 aliphatic rings. The summed E-state index contributed by atoms with van der Waals surface area (Å²) < 4.78 is 5.48. The molecular formula is C16H26N2O. The molecule has 1 rings (SSSR count). The first-order chi connectivity index (χ1) is 9.06. The van der Waals surface area contributed by atoms with E-state index in [4.69, 9.17) is 10.5 Å². The van der Waals surface area contributed by atoms with Crippen LogP contribution < -0.4 is 11.1 Å². The van der Waals surface area contributed by atoms with Crippen molar-refractivity contribution < 1.29 is 4.74 Å². The lowest BCUT2D eigenvalue weighted by Crippen LogP contribution is -2.31. The van der Waals surface area contributed by atoms with Crippen LogP contribution in [0.2, 0.25) is 0 Å². The molecule has 1 atom stereocenters. The fraction of sp³-hybridized carbons (Fsp3) is 0.500. The van der Waals surface area contributed by atoms with Gasteiger partial charge in [0, 0.05) is 19.1 Å². The van der Waals surface area contributed by atoms with Gasteiger partial charge in [0.05, 0.1) is 13.2 Å². The van der Waals surface area contributed by atoms with Gasteiger partial charge in [0.1, 0.15) is 0 Å². The number of rotatable bonds is 8. The normalized spacial score (nSPS) is 12.4. The fourth-order valence-corrected chi connectivity index (χ4v) is 2.02. The number of ether oxygens (including phenoxy) is 1. The van der Waals surface area contributed by atoms with Gasteiger partial charge in [-0.15, -0.1) is 0 Å². The molecule has 0 bridgehead atoms. The largest absolute Gasteiger partial charge is 0.376 e. The highest BCUT2D eigenvalue weighted by molar-refractivity contribution is 5.35. The molecule has 0 radical (unpaired) electrons. The molecule has 19 heavy (non-hydrogen) atoms. The molecule has 3 heteroatoms. The Hall–Kier alpha value is -1.16. The minimum atomic E-state index is 0.188. The van der Waals surface area contributed by atoms with Gasteiger partial charge in [0.15, 0.2) is 0 Å². The molecule has 0 aliphatic carbocycles. The van der Waals surface area contributed by atoms with Crippen molar-refractivity contribution in [1.82, 2.24) is 5.32 Å². The maximum absolute atomic E-state index is 5.87. The molecule has 0 heterocycles. The van der Waals surface area contributed by atoms with Gasteiger partial charge in [0.2, 0.25) is 0 Å². The van der Waals surface area contributed by atoms with Crippen LogP contribution in [0.4, 0.5) is 0 Å². The van der Waals surface area contributed by atoms with Crippen molar-refractivity contribution in [2.45, 2.75) is 26.8 Å². The Kier molecular flexibility index (Phi) is 6.78. The van der Waals surface area contributed by atoms with Crippen LogP contribution in [0.15, 0.2) is 30.4 Å². The minimum Gasteiger partial charge on any atom is -0.376 e. The van der Waals surface area contributed by atoms with E-state index in [9.17, 15) is 0 Å². The van der Waals surface area contributed by atoms with E-state index in [2.05, 4.69) is 43.9 Å². The van der Waals surface area contributed by atoms with Crippen LogP contribution in [0.1, 0.15) is 29.7 Å². The summed E-state index contributed by atoms with van der Waals surface area (Å²) in [7, 11) is 0. The molecule has 1 aromatic rings. The average Bonchev–Trinajstić information content (AvgIpc) is 2.37. The summed E-state index contributed by atoms with van der Waals surface area (Å²) in [6.07, 6.45) is 0. The van der Waals surface area contributed by atoms with E-state index in [1.807, 2.05) is 6.92 Å². The van der Waals surface area contributed by atoms with E-state index in [0.717, 1.165) is 12.1 Å². The number of hydrogen-bond donors (Lipinski definition) is 2. The lowest BCUT2D eigenvalue weighted by Gasteiger charge is -2.20. The molecule has 0 fully saturated rings. The standard InChI is InChI=1S/C16H26N2O/c1-12(2)11-19-9-8-18-16(10-17)15-7-5-6-13(3)14(15)4/h5-7,16,18H,1,8-11,17H2,2-4H3. The van der Waals surface area contributed by atoms with Gasteiger partial charge in [-0.2, -0.15) is 0 Å². The number of nitrogens with two attached hydrogens (primary N) is 1. The van der Waals surface area contributed by atoms with Crippen molar-refractivity contribution in [1.29, 1.82) is 0 Å². The van der Waals surface area contributed by atoms with E-state index in [0.29, 0.717) is 19.8 Å². The molecule has 0 saturated carbocycles. The molecule has 1 unspecified atom stereocenters. The minimum absolute atomic E-state index is 0.188. The summed E-state index contributed by atoms with van der Waals surface area (Å²) in [5, 5.41) is 3.45. The Morgan fingerprint density at radius 3 is 2.79 bits per heavy atom. The summed E-state index contributed by atoms with van der Waals surface area (Å²) in [6.45, 7) is 12.7. The predicted octanol–water partition coefficient (Wildman–Crippen LogP) is 2.49. The summed E-state index contributed by atoms with van der Waals surface area (Å²) in [5.74, 6) is 0. The lowest BCUT2D eigenvalue weighted by molar-refractivity contribution is 0.155. The van der Waals surface area contributed by atoms with Crippen LogP contribution >= 0.6 is 0 Å². The van der Waals surface area contributed by atoms with E-state index < -0.39 is 0 Å². The molecule has 0 spiro atoms. The maximum atomic E-state index is 5.87. The maximum Gasteiger partial charge on any atom is 0.0672 e. The third kappa shape index (κ3) is 5.15. The van der Waals surface area contributed by atoms with Gasteiger partial charge >= 0.3 is 0 Å². The molecular weight excluding hydrogens is 236 g/mol. The van der Waals surface area contributed by atoms with Crippen LogP contribution in [0.25, 0.3) is 0 Å². The first-order valence-corrected chi connectivity index (χ1v) is 6.78. The van der Waals surface area contributed by atoms with E-state index in [1.54, 1.807) is 0 Å². The molecule has 3 nitrogen and oxygen atoms in total. The molecule has 1 aromatic carbocycles. The summed E-state index contributed by atoms with van der Waals surface area (Å²) in [5.41, 5.74) is 10.8. The van der Waals surface area contributed by atoms with Gasteiger partial charge in [-0.1, -0.05) is 30.4 Å². The van der Waals surface area contributed by atoms with Crippen LogP contribution in [0.5, 0.6) is 0 Å². The van der Waals surface area contributed by atoms with Crippen LogP contribution in [0, 0.1) is 13.8 Å². The first kappa shape index (κ1) is 15.9. The van der Waals surface area contributed by atoms with Gasteiger partial charge in [-0.3, -0.25) is 0 Å². The number of aryl methyl sites for hydroxylation is 1. The molecule has 0 aromatic heterocycles. The number of nitrogens with one attached hydrogen (secondary N) is 1. The van der Waals surface area contributed by atoms with Gasteiger partial charge in [0.25, 0.3) is 0 Å². The zero-order valence-electron chi connectivity index (χ0n) is 12.3. The third-order valence-corrected chi connectivity index (χ3v) is 3.24. The number of benzene rings is 1. The second-order valence-corrected chi connectivity index (χ2v) is 5.04. The number of hydrogen-bond acceptors (Lipinski definition) is 3. The Morgan fingerprint density at radius 2 is 2.16 bits per heavy atom. The van der Waals surface area contributed by atoms with Crippen molar-refractivity contribution in [3.63, 3.8) is 0 Å². The van der Waals surface area contributed by atoms with E-state index in [1.165, 1.54) is 16.7 Å². The van der Waals surface area contributed by atoms with Crippen LogP contribution in [-0.4, -0.2) is 26.3 Å². The average molecular weight is 262 g/mol. The van der Waals surface area contributed by atoms with Crippen molar-refractivity contribution >= 4 is 0 Å². The summed E-state index contributed by atoms with van der Waals surface area (Å²) >= 11 is 0. The lowest BCUT2D eigenvalue weighted by atomic mass is 9.97. The second kappa shape index (κ2) is 8.10. The topological polar surface area (TPSA) is 47.3 Å². The molecule has 0 saturated heterocycles. The third-order valence-electron chi connectivity index (χ3n) is 3.24. The SMILES string of the molecule is C=C(C)COCCNC(CN)c1cccc(C)c1C. The predicted molar refractivity (Wildman–Crippen MR) is 81.3 cm³/mol. The fourth-order valence-electron chi connectivity index (χ4n) is 2.02. The van der Waals surface area contributed by atoms with Gasteiger partial charge < -0.3 is 15.8 Å². The van der Waals surface area contributed by atoms with Crippen molar-refractivity contribution in [3.05, 3.63) is 47.0 Å². The van der Waals surface area contributed by atoms with E-state index >= 15 is 0 Å². The zero-order valence-corrected chi connectivity index (χ0v) is 12.3. The van der Waals surface area contributed by atoms with Crippen molar-refractivity contribution in [2.24, 2.45) is 5.73 Å². The summed E-state index contributed by atoms with van der Waals surface area (Å²) in [6, 6.07) is 6.54. The van der Waals surface area contributed by atoms with Gasteiger partial charge in [-0.05, 0) is 37.5 Å². The molecule has 0 amide bonds. The smallest absolute Gasteiger partial charge is 0.0672 e. The highest BCUT2D eigenvalue weighted by Gasteiger charge is 2.11. The zero-order chi connectivity index (χ0) is 14.3. The van der Waals surface area contributed by atoms with Gasteiger partial charge in [-0.25, -0.2) is 0 Å². The Balaban J connectivity index is 2.49. The van der Waals surface area contributed by atoms with E-state index in [-0.39, 0.29) is 6.04 Å². The highest BCUT2D eigenvalue weighted by atomic mass is 16.5. The quantitative estimate of drug-likeness (QED) is 0.559. The first-order valence-electron chi connectivity index (χ1n) is 6.78. The van der Waals surface area contributed by atoms with Crippen LogP contribution in [-0.2, 0) is 4.74 Å². The Morgan fingerprint density at radius 1 is 1.42 bits per heavy atom. The summed E-state index contributed by atoms with van der Waals surface area (Å²) in [4.78, 5) is 0. The van der Waals surface area contributed by atoms with Crippen molar-refractivity contribution in [2.75, 3.05) is 26.3 Å². The molecule has 0 aliphatic heterocycles. The molecule has 3 N–H and O–H groups in total. The second-order valence-electron chi connectivity index (χ2n) is 5.04.